The molecule has 4 aliphatic rings. The van der Waals surface area contributed by atoms with Gasteiger partial charge >= 0.3 is 6.16 Å². The van der Waals surface area contributed by atoms with Gasteiger partial charge in [-0.1, -0.05) is 59.0 Å². The van der Waals surface area contributed by atoms with Gasteiger partial charge in [0.05, 0.1) is 20.3 Å². The summed E-state index contributed by atoms with van der Waals surface area (Å²) in [6.45, 7) is 29.9. The van der Waals surface area contributed by atoms with Crippen LogP contribution in [0.1, 0.15) is 152 Å². The number of hydrogen-bond donors (Lipinski definition) is 0. The number of methoxy groups -OCH3 is 3. The van der Waals surface area contributed by atoms with Crippen LogP contribution in [0.15, 0.2) is 23.0 Å². The van der Waals surface area contributed by atoms with Crippen molar-refractivity contribution in [3.05, 3.63) is 12.7 Å². The van der Waals surface area contributed by atoms with Crippen LogP contribution in [-0.2, 0) is 42.8 Å². The summed E-state index contributed by atoms with van der Waals surface area (Å²) in [6.07, 6.45) is 15.9. The first-order valence-electron chi connectivity index (χ1n) is 24.0. The summed E-state index contributed by atoms with van der Waals surface area (Å²) in [5.41, 5.74) is 0. The molecule has 0 N–H and O–H groups in total. The topological polar surface area (TPSA) is 125 Å². The number of alkyl halides is 5. The van der Waals surface area contributed by atoms with Gasteiger partial charge in [-0.25, -0.2) is 26.7 Å². The van der Waals surface area contributed by atoms with Crippen molar-refractivity contribution >= 4 is 19.6 Å². The zero-order valence-corrected chi connectivity index (χ0v) is 43.3. The number of nitrogens with zero attached hydrogens (tertiary/aromatic N) is 2. The maximum absolute atomic E-state index is 12.2. The minimum Gasteiger partial charge on any atom is -0.438 e. The number of rotatable bonds is 25. The molecule has 0 bridgehead atoms. The van der Waals surface area contributed by atoms with Gasteiger partial charge in [-0.2, -0.15) is 0 Å². The number of ether oxygens (including phenoxy) is 7. The predicted molar refractivity (Wildman–Crippen MR) is 259 cm³/mol. The van der Waals surface area contributed by atoms with Crippen molar-refractivity contribution in [2.24, 2.45) is 34.0 Å². The van der Waals surface area contributed by atoms with E-state index in [4.69, 9.17) is 23.7 Å². The second-order valence-electron chi connectivity index (χ2n) is 15.8. The second-order valence-corrected chi connectivity index (χ2v) is 15.8. The molecule has 66 heavy (non-hydrogen) atoms. The molecule has 0 saturated heterocycles. The van der Waals surface area contributed by atoms with E-state index >= 15 is 0 Å². The number of halogens is 5. The van der Waals surface area contributed by atoms with Crippen molar-refractivity contribution in [3.8, 4) is 0 Å². The van der Waals surface area contributed by atoms with E-state index in [0.29, 0.717) is 32.8 Å². The third-order valence-electron chi connectivity index (χ3n) is 9.04. The molecule has 0 amide bonds. The van der Waals surface area contributed by atoms with E-state index in [-0.39, 0.29) is 6.42 Å². The van der Waals surface area contributed by atoms with Crippen LogP contribution in [0.25, 0.3) is 0 Å². The van der Waals surface area contributed by atoms with Gasteiger partial charge in [-0.15, -0.1) is 16.9 Å². The highest BCUT2D eigenvalue weighted by atomic mass is 19.3. The van der Waals surface area contributed by atoms with Gasteiger partial charge in [-0.3, -0.25) is 0 Å². The lowest BCUT2D eigenvalue weighted by Gasteiger charge is -2.24. The number of oxime groups is 2. The third kappa shape index (κ3) is 68.0. The van der Waals surface area contributed by atoms with E-state index in [2.05, 4.69) is 63.3 Å². The maximum Gasteiger partial charge on any atom is 0.507 e. The molecular formula is C49H97F5N2O10. The lowest BCUT2D eigenvalue weighted by atomic mass is 9.83. The average molecular weight is 969 g/mol. The lowest BCUT2D eigenvalue weighted by molar-refractivity contribution is -0.0714. The zero-order chi connectivity index (χ0) is 51.3. The molecule has 1 atom stereocenters. The SMILES string of the molecule is C=CCOCCC.C=NOCC.C=NOCC1CC1.CCCC(F)(F)C(C)F.CCCOCC.CCOCC(C)(F)F.COC(=O)OCCC1CCC1.COCC1CC1.COCC1CCC1. The molecule has 398 valence electrons. The monoisotopic (exact) mass is 969 g/mol. The summed E-state index contributed by atoms with van der Waals surface area (Å²) in [7, 11) is 4.86. The van der Waals surface area contributed by atoms with Crippen molar-refractivity contribution in [3.63, 3.8) is 0 Å². The number of carbonyl (C=O) groups excluding carboxylic acids is 1. The van der Waals surface area contributed by atoms with Crippen LogP contribution in [0.5, 0.6) is 0 Å². The molecule has 4 aliphatic carbocycles. The Bertz CT molecular complexity index is 997. The molecule has 0 aromatic carbocycles. The van der Waals surface area contributed by atoms with Crippen molar-refractivity contribution < 1.29 is 69.6 Å². The summed E-state index contributed by atoms with van der Waals surface area (Å²) >= 11 is 0. The van der Waals surface area contributed by atoms with Gasteiger partial charge in [0.25, 0.3) is 11.8 Å². The van der Waals surface area contributed by atoms with Gasteiger partial charge in [0.2, 0.25) is 0 Å². The Balaban J connectivity index is -0.000000213. The third-order valence-corrected chi connectivity index (χ3v) is 9.04. The molecule has 4 rings (SSSR count). The van der Waals surface area contributed by atoms with Gasteiger partial charge in [0, 0.05) is 80.6 Å². The van der Waals surface area contributed by atoms with Crippen LogP contribution in [0.2, 0.25) is 0 Å². The van der Waals surface area contributed by atoms with E-state index < -0.39 is 30.8 Å². The first-order chi connectivity index (χ1) is 31.4. The molecule has 0 heterocycles. The van der Waals surface area contributed by atoms with Crippen molar-refractivity contribution in [1.82, 2.24) is 0 Å². The van der Waals surface area contributed by atoms with E-state index in [1.165, 1.54) is 71.3 Å². The molecule has 1 unspecified atom stereocenters. The van der Waals surface area contributed by atoms with E-state index in [1.807, 2.05) is 13.8 Å². The highest BCUT2D eigenvalue weighted by molar-refractivity contribution is 5.59. The normalized spacial score (nSPS) is 15.0. The van der Waals surface area contributed by atoms with E-state index in [1.54, 1.807) is 34.1 Å². The molecule has 4 fully saturated rings. The Labute approximate surface area is 398 Å². The molecule has 0 aliphatic heterocycles. The van der Waals surface area contributed by atoms with Crippen molar-refractivity contribution in [2.45, 2.75) is 170 Å². The van der Waals surface area contributed by atoms with Crippen LogP contribution in [0, 0.1) is 23.7 Å². The quantitative estimate of drug-likeness (QED) is 0.0218. The Morgan fingerprint density at radius 1 is 0.667 bits per heavy atom. The maximum atomic E-state index is 12.2. The van der Waals surface area contributed by atoms with Gasteiger partial charge in [0.15, 0.2) is 6.17 Å². The summed E-state index contributed by atoms with van der Waals surface area (Å²) < 4.78 is 93.1. The van der Waals surface area contributed by atoms with Gasteiger partial charge in [0.1, 0.15) is 19.8 Å². The Morgan fingerprint density at radius 3 is 1.38 bits per heavy atom. The van der Waals surface area contributed by atoms with Crippen molar-refractivity contribution in [1.29, 1.82) is 0 Å². The molecule has 0 aromatic rings. The van der Waals surface area contributed by atoms with Crippen molar-refractivity contribution in [2.75, 3.05) is 94.0 Å². The summed E-state index contributed by atoms with van der Waals surface area (Å²) in [5.74, 6) is -2.37. The largest absolute Gasteiger partial charge is 0.507 e. The molecule has 0 spiro atoms. The Hall–Kier alpha value is -2.60. The van der Waals surface area contributed by atoms with Gasteiger partial charge in [-0.05, 0) is 109 Å². The Morgan fingerprint density at radius 2 is 1.14 bits per heavy atom. The fourth-order valence-corrected chi connectivity index (χ4v) is 4.51. The molecule has 0 aromatic heterocycles. The molecule has 17 heteroatoms. The van der Waals surface area contributed by atoms with E-state index in [0.717, 1.165) is 96.4 Å². The lowest BCUT2D eigenvalue weighted by Crippen LogP contribution is -2.26. The first-order valence-corrected chi connectivity index (χ1v) is 24.0. The number of carbonyl (C=O) groups is 1. The van der Waals surface area contributed by atoms with Gasteiger partial charge < -0.3 is 42.8 Å². The highest BCUT2D eigenvalue weighted by Gasteiger charge is 2.35. The smallest absolute Gasteiger partial charge is 0.438 e. The second kappa shape index (κ2) is 55.0. The average Bonchev–Trinajstić information content (AvgIpc) is 4.20. The van der Waals surface area contributed by atoms with Crippen LogP contribution < -0.4 is 0 Å². The fraction of sp³-hybridized carbons (Fsp3) is 0.898. The fourth-order valence-electron chi connectivity index (χ4n) is 4.51. The summed E-state index contributed by atoms with van der Waals surface area (Å²) in [5, 5.41) is 6.37. The highest BCUT2D eigenvalue weighted by Crippen LogP contribution is 2.30. The molecule has 12 nitrogen and oxygen atoms in total. The first kappa shape index (κ1) is 72.4. The van der Waals surface area contributed by atoms with E-state index in [9.17, 15) is 26.7 Å². The van der Waals surface area contributed by atoms with Crippen LogP contribution in [0.3, 0.4) is 0 Å². The van der Waals surface area contributed by atoms with Crippen LogP contribution in [0.4, 0.5) is 26.7 Å². The van der Waals surface area contributed by atoms with Crippen LogP contribution >= 0.6 is 0 Å². The molecular weight excluding hydrogens is 872 g/mol. The Kier molecular flexibility index (Phi) is 60.3. The molecule has 4 saturated carbocycles. The summed E-state index contributed by atoms with van der Waals surface area (Å²) in [4.78, 5) is 19.5. The number of hydrogen-bond acceptors (Lipinski definition) is 12. The minimum atomic E-state index is -3.12. The van der Waals surface area contributed by atoms with Crippen LogP contribution in [-0.4, -0.2) is 132 Å². The minimum absolute atomic E-state index is 0.321. The predicted octanol–water partition coefficient (Wildman–Crippen LogP) is 13.6. The zero-order valence-electron chi connectivity index (χ0n) is 43.3. The summed E-state index contributed by atoms with van der Waals surface area (Å²) in [6, 6.07) is 0. The standard InChI is InChI=1S/C8H14O3.C6H11F3.2C6H12O.C5H10F2O.C5H9NO.C5H10O.C5H12O.C3H7NO/c1-10-8(9)11-6-5-7-3-2-4-7;1-3-4-6(8,9)5(2)7;1-7-5-6-3-2-4-6;1-3-5-7-6-4-2;1-3-8-4-5(2,6)7;1-6-7-4-5-2-3-5;1-6-4-5-2-3-5;1-3-5-6-4-2;1-3-5-4-2/h7H,2-6H2,1H3;5H,3-4H2,1-2H3;6H,2-5H2,1H3;3H,1,4-6H2,2H3;3-4H2,1-2H3;5H,1-4H2;5H,2-4H2,1H3;3-5H2,1-2H3;2-3H2,1H3. The molecule has 0 radical (unpaired) electrons.